The molecule has 2 rings (SSSR count). The summed E-state index contributed by atoms with van der Waals surface area (Å²) in [6, 6.07) is 6.76. The van der Waals surface area contributed by atoms with Gasteiger partial charge in [0.05, 0.1) is 6.61 Å². The van der Waals surface area contributed by atoms with Crippen molar-refractivity contribution in [1.29, 1.82) is 0 Å². The summed E-state index contributed by atoms with van der Waals surface area (Å²) in [6.07, 6.45) is 1.40. The number of hydrogen-bond acceptors (Lipinski definition) is 4. The van der Waals surface area contributed by atoms with Crippen molar-refractivity contribution in [3.63, 3.8) is 0 Å². The molecule has 1 aliphatic heterocycles. The zero-order valence-electron chi connectivity index (χ0n) is 12.6. The molecule has 120 valence electrons. The van der Waals surface area contributed by atoms with Crippen molar-refractivity contribution >= 4 is 11.9 Å². The molecule has 1 aromatic carbocycles. The lowest BCUT2D eigenvalue weighted by atomic mass is 9.89. The third-order valence-corrected chi connectivity index (χ3v) is 3.68. The minimum atomic E-state index is -1.25. The molecule has 6 heteroatoms. The van der Waals surface area contributed by atoms with Gasteiger partial charge in [-0.2, -0.15) is 0 Å². The fourth-order valence-corrected chi connectivity index (χ4v) is 2.35. The van der Waals surface area contributed by atoms with Gasteiger partial charge in [0.1, 0.15) is 11.3 Å². The molecule has 1 fully saturated rings. The first-order valence-corrected chi connectivity index (χ1v) is 7.44. The predicted molar refractivity (Wildman–Crippen MR) is 80.1 cm³/mol. The number of nitrogens with one attached hydrogen (secondary N) is 1. The van der Waals surface area contributed by atoms with E-state index in [9.17, 15) is 14.7 Å². The maximum Gasteiger partial charge on any atom is 0.329 e. The summed E-state index contributed by atoms with van der Waals surface area (Å²) < 4.78 is 10.7. The van der Waals surface area contributed by atoms with Crippen LogP contribution >= 0.6 is 0 Å². The molecule has 1 amide bonds. The van der Waals surface area contributed by atoms with Crippen LogP contribution in [0.4, 0.5) is 0 Å². The fourth-order valence-electron chi connectivity index (χ4n) is 2.35. The standard InChI is InChI=1S/C16H21NO5/c1-2-8-22-13-5-3-4-12(11-13)14(18)17-16(15(19)20)6-9-21-10-7-16/h3-5,11H,2,6-10H2,1H3,(H,17,18)(H,19,20). The molecular weight excluding hydrogens is 286 g/mol. The third-order valence-electron chi connectivity index (χ3n) is 3.68. The van der Waals surface area contributed by atoms with Crippen molar-refractivity contribution in [2.24, 2.45) is 0 Å². The molecule has 6 nitrogen and oxygen atoms in total. The van der Waals surface area contributed by atoms with Gasteiger partial charge in [0, 0.05) is 31.6 Å². The van der Waals surface area contributed by atoms with E-state index >= 15 is 0 Å². The zero-order valence-corrected chi connectivity index (χ0v) is 12.6. The van der Waals surface area contributed by atoms with Gasteiger partial charge in [-0.3, -0.25) is 4.79 Å². The van der Waals surface area contributed by atoms with Crippen LogP contribution in [0, 0.1) is 0 Å². The van der Waals surface area contributed by atoms with Gasteiger partial charge in [0.2, 0.25) is 0 Å². The second-order valence-electron chi connectivity index (χ2n) is 5.33. The number of carboxylic acids is 1. The number of carbonyl (C=O) groups excluding carboxylic acids is 1. The Balaban J connectivity index is 2.11. The van der Waals surface area contributed by atoms with Crippen LogP contribution < -0.4 is 10.1 Å². The summed E-state index contributed by atoms with van der Waals surface area (Å²) in [5, 5.41) is 12.1. The summed E-state index contributed by atoms with van der Waals surface area (Å²) in [5.74, 6) is -0.834. The minimum absolute atomic E-state index is 0.264. The topological polar surface area (TPSA) is 84.9 Å². The van der Waals surface area contributed by atoms with Gasteiger partial charge in [0.15, 0.2) is 0 Å². The van der Waals surface area contributed by atoms with Crippen LogP contribution in [-0.2, 0) is 9.53 Å². The van der Waals surface area contributed by atoms with Crippen molar-refractivity contribution < 1.29 is 24.2 Å². The largest absolute Gasteiger partial charge is 0.494 e. The van der Waals surface area contributed by atoms with E-state index in [1.807, 2.05) is 6.92 Å². The number of hydrogen-bond donors (Lipinski definition) is 2. The molecule has 0 aliphatic carbocycles. The average Bonchev–Trinajstić information content (AvgIpc) is 2.54. The highest BCUT2D eigenvalue weighted by atomic mass is 16.5. The van der Waals surface area contributed by atoms with Gasteiger partial charge in [0.25, 0.3) is 5.91 Å². The molecule has 0 unspecified atom stereocenters. The number of carboxylic acid groups (broad SMARTS) is 1. The molecule has 0 spiro atoms. The van der Waals surface area contributed by atoms with Crippen molar-refractivity contribution in [2.75, 3.05) is 19.8 Å². The summed E-state index contributed by atoms with van der Waals surface area (Å²) >= 11 is 0. The van der Waals surface area contributed by atoms with Gasteiger partial charge in [-0.25, -0.2) is 4.79 Å². The summed E-state index contributed by atoms with van der Waals surface area (Å²) in [5.41, 5.74) is -0.865. The molecule has 1 heterocycles. The van der Waals surface area contributed by atoms with Crippen LogP contribution in [0.3, 0.4) is 0 Å². The van der Waals surface area contributed by atoms with E-state index in [1.54, 1.807) is 24.3 Å². The van der Waals surface area contributed by atoms with E-state index in [2.05, 4.69) is 5.32 Å². The quantitative estimate of drug-likeness (QED) is 0.837. The Kier molecular flexibility index (Phi) is 5.38. The molecule has 0 bridgehead atoms. The fraction of sp³-hybridized carbons (Fsp3) is 0.500. The second-order valence-corrected chi connectivity index (χ2v) is 5.33. The lowest BCUT2D eigenvalue weighted by molar-refractivity contribution is -0.148. The normalized spacial score (nSPS) is 16.8. The van der Waals surface area contributed by atoms with Crippen LogP contribution in [0.2, 0.25) is 0 Å². The van der Waals surface area contributed by atoms with E-state index in [-0.39, 0.29) is 12.8 Å². The molecule has 1 aromatic rings. The van der Waals surface area contributed by atoms with Crippen LogP contribution in [-0.4, -0.2) is 42.3 Å². The summed E-state index contributed by atoms with van der Waals surface area (Å²) in [6.45, 7) is 3.22. The maximum atomic E-state index is 12.4. The molecule has 22 heavy (non-hydrogen) atoms. The Hall–Kier alpha value is -2.08. The summed E-state index contributed by atoms with van der Waals surface area (Å²) in [4.78, 5) is 23.9. The van der Waals surface area contributed by atoms with E-state index in [1.165, 1.54) is 0 Å². The Labute approximate surface area is 129 Å². The average molecular weight is 307 g/mol. The van der Waals surface area contributed by atoms with Gasteiger partial charge < -0.3 is 19.9 Å². The number of ether oxygens (including phenoxy) is 2. The number of benzene rings is 1. The van der Waals surface area contributed by atoms with Crippen molar-refractivity contribution in [3.8, 4) is 5.75 Å². The van der Waals surface area contributed by atoms with Crippen molar-refractivity contribution in [1.82, 2.24) is 5.32 Å². The molecule has 2 N–H and O–H groups in total. The Morgan fingerprint density at radius 3 is 2.73 bits per heavy atom. The zero-order chi connectivity index (χ0) is 16.0. The van der Waals surface area contributed by atoms with Crippen LogP contribution in [0.5, 0.6) is 5.75 Å². The lowest BCUT2D eigenvalue weighted by Crippen LogP contribution is -2.57. The first kappa shape index (κ1) is 16.3. The molecular formula is C16H21NO5. The third kappa shape index (κ3) is 3.76. The van der Waals surface area contributed by atoms with Gasteiger partial charge in [-0.05, 0) is 24.6 Å². The number of aliphatic carboxylic acids is 1. The first-order chi connectivity index (χ1) is 10.6. The number of carbonyl (C=O) groups is 2. The molecule has 0 aromatic heterocycles. The Morgan fingerprint density at radius 2 is 2.09 bits per heavy atom. The minimum Gasteiger partial charge on any atom is -0.494 e. The maximum absolute atomic E-state index is 12.4. The summed E-state index contributed by atoms with van der Waals surface area (Å²) in [7, 11) is 0. The monoisotopic (exact) mass is 307 g/mol. The smallest absolute Gasteiger partial charge is 0.329 e. The second kappa shape index (κ2) is 7.26. The molecule has 0 saturated carbocycles. The Bertz CT molecular complexity index is 537. The van der Waals surface area contributed by atoms with Crippen LogP contribution in [0.25, 0.3) is 0 Å². The number of amides is 1. The van der Waals surface area contributed by atoms with Crippen molar-refractivity contribution in [2.45, 2.75) is 31.7 Å². The van der Waals surface area contributed by atoms with E-state index in [0.717, 1.165) is 6.42 Å². The molecule has 0 atom stereocenters. The van der Waals surface area contributed by atoms with Crippen LogP contribution in [0.15, 0.2) is 24.3 Å². The lowest BCUT2D eigenvalue weighted by Gasteiger charge is -2.33. The predicted octanol–water partition coefficient (Wildman–Crippen LogP) is 1.84. The molecule has 1 saturated heterocycles. The Morgan fingerprint density at radius 1 is 1.36 bits per heavy atom. The van der Waals surface area contributed by atoms with Gasteiger partial charge in [-0.1, -0.05) is 13.0 Å². The molecule has 0 radical (unpaired) electrons. The highest BCUT2D eigenvalue weighted by Crippen LogP contribution is 2.22. The van der Waals surface area contributed by atoms with Crippen molar-refractivity contribution in [3.05, 3.63) is 29.8 Å². The molecule has 1 aliphatic rings. The van der Waals surface area contributed by atoms with E-state index in [0.29, 0.717) is 31.1 Å². The SMILES string of the molecule is CCCOc1cccc(C(=O)NC2(C(=O)O)CCOCC2)c1. The highest BCUT2D eigenvalue weighted by molar-refractivity contribution is 5.98. The van der Waals surface area contributed by atoms with E-state index < -0.39 is 17.4 Å². The van der Waals surface area contributed by atoms with Crippen LogP contribution in [0.1, 0.15) is 36.5 Å². The van der Waals surface area contributed by atoms with Gasteiger partial charge >= 0.3 is 5.97 Å². The van der Waals surface area contributed by atoms with E-state index in [4.69, 9.17) is 9.47 Å². The number of rotatable bonds is 6. The van der Waals surface area contributed by atoms with Gasteiger partial charge in [-0.15, -0.1) is 0 Å². The highest BCUT2D eigenvalue weighted by Gasteiger charge is 2.41. The first-order valence-electron chi connectivity index (χ1n) is 7.44.